The van der Waals surface area contributed by atoms with E-state index in [1.54, 1.807) is 24.1 Å². The molecule has 16 heavy (non-hydrogen) atoms. The van der Waals surface area contributed by atoms with Crippen LogP contribution in [0.25, 0.3) is 0 Å². The summed E-state index contributed by atoms with van der Waals surface area (Å²) in [5.74, 6) is -0.0993. The molecule has 1 rings (SSSR count). The molecule has 1 aromatic rings. The van der Waals surface area contributed by atoms with E-state index in [4.69, 9.17) is 5.73 Å². The van der Waals surface area contributed by atoms with Crippen LogP contribution in [0.3, 0.4) is 0 Å². The summed E-state index contributed by atoms with van der Waals surface area (Å²) in [6.07, 6.45) is 4.80. The molecule has 1 unspecified atom stereocenters. The molecule has 0 saturated heterocycles. The first-order chi connectivity index (χ1) is 7.52. The zero-order chi connectivity index (χ0) is 12.2. The third-order valence-corrected chi connectivity index (χ3v) is 2.94. The maximum Gasteiger partial charge on any atom is 0.269 e. The van der Waals surface area contributed by atoms with Gasteiger partial charge in [-0.15, -0.1) is 0 Å². The van der Waals surface area contributed by atoms with Gasteiger partial charge in [-0.25, -0.2) is 4.98 Å². The molecule has 5 heteroatoms. The second-order valence-corrected chi connectivity index (χ2v) is 4.30. The Morgan fingerprint density at radius 1 is 1.69 bits per heavy atom. The first-order valence-electron chi connectivity index (χ1n) is 5.51. The Balaban J connectivity index is 2.73. The minimum Gasteiger partial charge on any atom is -0.346 e. The van der Waals surface area contributed by atoms with Crippen LogP contribution >= 0.6 is 0 Å². The molecule has 5 nitrogen and oxygen atoms in total. The van der Waals surface area contributed by atoms with Gasteiger partial charge in [0.15, 0.2) is 0 Å². The fraction of sp³-hybridized carbons (Fsp3) is 0.636. The van der Waals surface area contributed by atoms with Crippen LogP contribution in [0.4, 0.5) is 0 Å². The first kappa shape index (κ1) is 12.7. The Morgan fingerprint density at radius 3 is 2.81 bits per heavy atom. The van der Waals surface area contributed by atoms with Crippen molar-refractivity contribution in [2.75, 3.05) is 6.54 Å². The van der Waals surface area contributed by atoms with Gasteiger partial charge in [-0.2, -0.15) is 0 Å². The highest BCUT2D eigenvalue weighted by Crippen LogP contribution is 2.14. The lowest BCUT2D eigenvalue weighted by Gasteiger charge is -2.29. The number of imidazole rings is 1. The maximum absolute atomic E-state index is 12.0. The summed E-state index contributed by atoms with van der Waals surface area (Å²) in [5.41, 5.74) is 5.87. The van der Waals surface area contributed by atoms with Crippen molar-refractivity contribution in [3.63, 3.8) is 0 Å². The molecule has 0 aliphatic heterocycles. The number of carbonyl (C=O) groups is 1. The summed E-state index contributed by atoms with van der Waals surface area (Å²) in [5, 5.41) is 3.01. The fourth-order valence-electron chi connectivity index (χ4n) is 1.56. The molecule has 0 aliphatic carbocycles. The molecule has 0 bridgehead atoms. The Bertz CT molecular complexity index is 361. The van der Waals surface area contributed by atoms with E-state index in [2.05, 4.69) is 10.3 Å². The summed E-state index contributed by atoms with van der Waals surface area (Å²) in [6.45, 7) is 4.61. The number of aromatic nitrogens is 2. The SMILES string of the molecule is CCC(C)(CCN)NC(=O)c1cncn1C. The van der Waals surface area contributed by atoms with E-state index >= 15 is 0 Å². The highest BCUT2D eigenvalue weighted by atomic mass is 16.2. The summed E-state index contributed by atoms with van der Waals surface area (Å²) in [4.78, 5) is 15.9. The van der Waals surface area contributed by atoms with E-state index in [1.807, 2.05) is 13.8 Å². The van der Waals surface area contributed by atoms with Crippen molar-refractivity contribution in [1.82, 2.24) is 14.9 Å². The van der Waals surface area contributed by atoms with E-state index < -0.39 is 0 Å². The third-order valence-electron chi connectivity index (χ3n) is 2.94. The average molecular weight is 224 g/mol. The Kier molecular flexibility index (Phi) is 4.06. The van der Waals surface area contributed by atoms with Gasteiger partial charge in [0, 0.05) is 12.6 Å². The minimum absolute atomic E-state index is 0.0993. The van der Waals surface area contributed by atoms with Gasteiger partial charge >= 0.3 is 0 Å². The van der Waals surface area contributed by atoms with Crippen molar-refractivity contribution in [1.29, 1.82) is 0 Å². The number of rotatable bonds is 5. The fourth-order valence-corrected chi connectivity index (χ4v) is 1.56. The number of aryl methyl sites for hydroxylation is 1. The lowest BCUT2D eigenvalue weighted by atomic mass is 9.94. The van der Waals surface area contributed by atoms with Crippen molar-refractivity contribution in [2.24, 2.45) is 12.8 Å². The van der Waals surface area contributed by atoms with Crippen LogP contribution in [0.5, 0.6) is 0 Å². The lowest BCUT2D eigenvalue weighted by molar-refractivity contribution is 0.0891. The van der Waals surface area contributed by atoms with E-state index in [0.29, 0.717) is 12.2 Å². The molecule has 0 spiro atoms. The smallest absolute Gasteiger partial charge is 0.269 e. The number of amides is 1. The molecule has 3 N–H and O–H groups in total. The van der Waals surface area contributed by atoms with Crippen molar-refractivity contribution in [2.45, 2.75) is 32.2 Å². The molecule has 1 aromatic heterocycles. The second kappa shape index (κ2) is 5.12. The number of hydrogen-bond acceptors (Lipinski definition) is 3. The Hall–Kier alpha value is -1.36. The van der Waals surface area contributed by atoms with Gasteiger partial charge in [-0.1, -0.05) is 6.92 Å². The lowest BCUT2D eigenvalue weighted by Crippen LogP contribution is -2.47. The Labute approximate surface area is 96.0 Å². The number of nitrogens with two attached hydrogens (primary N) is 1. The van der Waals surface area contributed by atoms with Crippen LogP contribution in [0.1, 0.15) is 37.2 Å². The van der Waals surface area contributed by atoms with Crippen molar-refractivity contribution >= 4 is 5.91 Å². The van der Waals surface area contributed by atoms with E-state index in [0.717, 1.165) is 12.8 Å². The number of nitrogens with zero attached hydrogens (tertiary/aromatic N) is 2. The first-order valence-corrected chi connectivity index (χ1v) is 5.51. The summed E-state index contributed by atoms with van der Waals surface area (Å²) < 4.78 is 1.70. The van der Waals surface area contributed by atoms with Crippen LogP contribution in [0, 0.1) is 0 Å². The molecule has 1 amide bonds. The maximum atomic E-state index is 12.0. The standard InChI is InChI=1S/C11H20N4O/c1-4-11(2,5-6-12)14-10(16)9-7-13-8-15(9)3/h7-8H,4-6,12H2,1-3H3,(H,14,16). The van der Waals surface area contributed by atoms with E-state index in [1.165, 1.54) is 0 Å². The molecular formula is C11H20N4O. The van der Waals surface area contributed by atoms with E-state index in [-0.39, 0.29) is 11.4 Å². The van der Waals surface area contributed by atoms with Gasteiger partial charge < -0.3 is 15.6 Å². The monoisotopic (exact) mass is 224 g/mol. The largest absolute Gasteiger partial charge is 0.346 e. The molecule has 0 radical (unpaired) electrons. The molecule has 0 saturated carbocycles. The molecule has 90 valence electrons. The van der Waals surface area contributed by atoms with Crippen LogP contribution in [0.2, 0.25) is 0 Å². The van der Waals surface area contributed by atoms with Crippen molar-refractivity contribution < 1.29 is 4.79 Å². The predicted molar refractivity (Wildman–Crippen MR) is 63.0 cm³/mol. The molecule has 0 fully saturated rings. The van der Waals surface area contributed by atoms with Gasteiger partial charge in [0.05, 0.1) is 12.5 Å². The topological polar surface area (TPSA) is 72.9 Å². The molecule has 1 heterocycles. The summed E-state index contributed by atoms with van der Waals surface area (Å²) in [6, 6.07) is 0. The highest BCUT2D eigenvalue weighted by molar-refractivity contribution is 5.92. The molecule has 0 aliphatic rings. The zero-order valence-electron chi connectivity index (χ0n) is 10.2. The number of hydrogen-bond donors (Lipinski definition) is 2. The highest BCUT2D eigenvalue weighted by Gasteiger charge is 2.24. The summed E-state index contributed by atoms with van der Waals surface area (Å²) >= 11 is 0. The number of nitrogens with one attached hydrogen (secondary N) is 1. The second-order valence-electron chi connectivity index (χ2n) is 4.30. The van der Waals surface area contributed by atoms with Gasteiger partial charge in [0.25, 0.3) is 5.91 Å². The molecule has 1 atom stereocenters. The van der Waals surface area contributed by atoms with Crippen LogP contribution < -0.4 is 11.1 Å². The van der Waals surface area contributed by atoms with Gasteiger partial charge in [-0.05, 0) is 26.3 Å². The quantitative estimate of drug-likeness (QED) is 0.772. The van der Waals surface area contributed by atoms with Crippen molar-refractivity contribution in [3.05, 3.63) is 18.2 Å². The normalized spacial score (nSPS) is 14.5. The van der Waals surface area contributed by atoms with E-state index in [9.17, 15) is 4.79 Å². The van der Waals surface area contributed by atoms with Crippen LogP contribution in [-0.4, -0.2) is 27.5 Å². The van der Waals surface area contributed by atoms with Gasteiger partial charge in [0.2, 0.25) is 0 Å². The average Bonchev–Trinajstić information content (AvgIpc) is 2.65. The Morgan fingerprint density at radius 2 is 2.38 bits per heavy atom. The summed E-state index contributed by atoms with van der Waals surface area (Å²) in [7, 11) is 1.80. The third kappa shape index (κ3) is 2.82. The van der Waals surface area contributed by atoms with Crippen LogP contribution in [-0.2, 0) is 7.05 Å². The number of carbonyl (C=O) groups excluding carboxylic acids is 1. The molecule has 0 aromatic carbocycles. The van der Waals surface area contributed by atoms with Gasteiger partial charge in [0.1, 0.15) is 5.69 Å². The zero-order valence-corrected chi connectivity index (χ0v) is 10.2. The van der Waals surface area contributed by atoms with Crippen molar-refractivity contribution in [3.8, 4) is 0 Å². The minimum atomic E-state index is -0.240. The van der Waals surface area contributed by atoms with Gasteiger partial charge in [-0.3, -0.25) is 4.79 Å². The van der Waals surface area contributed by atoms with Crippen LogP contribution in [0.15, 0.2) is 12.5 Å². The molecular weight excluding hydrogens is 204 g/mol. The predicted octanol–water partition coefficient (Wildman–Crippen LogP) is 0.667.